The van der Waals surface area contributed by atoms with E-state index in [1.807, 2.05) is 24.3 Å². The fraction of sp³-hybridized carbons (Fsp3) is 0.182. The lowest BCUT2D eigenvalue weighted by Gasteiger charge is -2.26. The fourth-order valence-electron chi connectivity index (χ4n) is 2.69. The largest absolute Gasteiger partial charge is 0.478 e. The molecule has 7 heteroatoms. The lowest BCUT2D eigenvalue weighted by Crippen LogP contribution is -2.42. The van der Waals surface area contributed by atoms with Crippen LogP contribution >= 0.6 is 11.6 Å². The number of hydrogen-bond donors (Lipinski definition) is 1. The molecule has 6 nitrogen and oxygen atoms in total. The van der Waals surface area contributed by atoms with Crippen molar-refractivity contribution in [3.05, 3.63) is 71.6 Å². The molecule has 1 aromatic heterocycles. The second-order valence-corrected chi connectivity index (χ2v) is 7.22. The summed E-state index contributed by atoms with van der Waals surface area (Å²) in [6, 6.07) is 13.7. The van der Waals surface area contributed by atoms with Crippen LogP contribution in [0.2, 0.25) is 5.02 Å². The van der Waals surface area contributed by atoms with Gasteiger partial charge in [0.1, 0.15) is 5.75 Å². The number of anilines is 1. The summed E-state index contributed by atoms with van der Waals surface area (Å²) in [6.45, 7) is 3.28. The molecule has 0 atom stereocenters. The molecule has 0 radical (unpaired) electrons. The summed E-state index contributed by atoms with van der Waals surface area (Å²) in [5, 5.41) is 3.07. The topological polar surface area (TPSA) is 77.8 Å². The molecular formula is C22H20ClNO5. The average Bonchev–Trinajstić information content (AvgIpc) is 3.23. The Morgan fingerprint density at radius 1 is 1.07 bits per heavy atom. The van der Waals surface area contributed by atoms with Crippen molar-refractivity contribution in [1.29, 1.82) is 0 Å². The fourth-order valence-corrected chi connectivity index (χ4v) is 2.86. The first-order chi connectivity index (χ1) is 13.8. The van der Waals surface area contributed by atoms with Crippen LogP contribution in [0.3, 0.4) is 0 Å². The summed E-state index contributed by atoms with van der Waals surface area (Å²) >= 11 is 5.96. The van der Waals surface area contributed by atoms with Gasteiger partial charge in [-0.2, -0.15) is 0 Å². The van der Waals surface area contributed by atoms with Crippen LogP contribution in [0, 0.1) is 0 Å². The molecule has 1 amide bonds. The van der Waals surface area contributed by atoms with Crippen LogP contribution in [0.4, 0.5) is 5.69 Å². The van der Waals surface area contributed by atoms with Crippen molar-refractivity contribution in [2.45, 2.75) is 19.4 Å². The highest BCUT2D eigenvalue weighted by Gasteiger charge is 2.31. The molecule has 3 aromatic rings. The Morgan fingerprint density at radius 2 is 1.86 bits per heavy atom. The van der Waals surface area contributed by atoms with E-state index in [1.54, 1.807) is 44.6 Å². The Labute approximate surface area is 173 Å². The number of carbonyl (C=O) groups is 2. The Balaban J connectivity index is 1.79. The lowest BCUT2D eigenvalue weighted by molar-refractivity contribution is -0.128. The highest BCUT2D eigenvalue weighted by Crippen LogP contribution is 2.28. The van der Waals surface area contributed by atoms with E-state index in [1.165, 1.54) is 13.2 Å². The molecule has 1 N–H and O–H groups in total. The Morgan fingerprint density at radius 3 is 2.55 bits per heavy atom. The van der Waals surface area contributed by atoms with Crippen molar-refractivity contribution >= 4 is 29.2 Å². The molecule has 0 aliphatic heterocycles. The maximum absolute atomic E-state index is 12.9. The molecule has 3 rings (SSSR count). The van der Waals surface area contributed by atoms with Crippen molar-refractivity contribution in [1.82, 2.24) is 0 Å². The molecular weight excluding hydrogens is 394 g/mol. The first-order valence-electron chi connectivity index (χ1n) is 8.81. The number of furan rings is 1. The molecule has 1 heterocycles. The summed E-state index contributed by atoms with van der Waals surface area (Å²) in [4.78, 5) is 24.9. The zero-order chi connectivity index (χ0) is 21.0. The van der Waals surface area contributed by atoms with Crippen molar-refractivity contribution in [2.24, 2.45) is 0 Å². The maximum atomic E-state index is 12.9. The minimum atomic E-state index is -1.22. The minimum absolute atomic E-state index is 0.158. The van der Waals surface area contributed by atoms with Gasteiger partial charge in [0.2, 0.25) is 0 Å². The number of carbonyl (C=O) groups excluding carboxylic acids is 2. The van der Waals surface area contributed by atoms with Crippen molar-refractivity contribution < 1.29 is 23.5 Å². The van der Waals surface area contributed by atoms with Crippen molar-refractivity contribution in [3.8, 4) is 16.9 Å². The molecule has 0 saturated heterocycles. The van der Waals surface area contributed by atoms with Crippen LogP contribution in [0.5, 0.6) is 5.75 Å². The Bertz CT molecular complexity index is 1030. The lowest BCUT2D eigenvalue weighted by atomic mass is 10.1. The van der Waals surface area contributed by atoms with Gasteiger partial charge in [-0.25, -0.2) is 4.79 Å². The highest BCUT2D eigenvalue weighted by molar-refractivity contribution is 6.31. The predicted molar refractivity (Wildman–Crippen MR) is 110 cm³/mol. The number of esters is 1. The number of methoxy groups -OCH3 is 1. The molecule has 0 unspecified atom stereocenters. The van der Waals surface area contributed by atoms with Gasteiger partial charge in [0.25, 0.3) is 5.91 Å². The Hall–Kier alpha value is -3.25. The maximum Gasteiger partial charge on any atom is 0.340 e. The summed E-state index contributed by atoms with van der Waals surface area (Å²) < 4.78 is 15.8. The molecule has 0 fully saturated rings. The summed E-state index contributed by atoms with van der Waals surface area (Å²) in [6.07, 6.45) is 3.22. The van der Waals surface area contributed by atoms with Gasteiger partial charge in [-0.05, 0) is 55.8 Å². The van der Waals surface area contributed by atoms with E-state index < -0.39 is 17.5 Å². The van der Waals surface area contributed by atoms with Gasteiger partial charge in [-0.1, -0.05) is 23.7 Å². The van der Waals surface area contributed by atoms with Crippen LogP contribution in [0.25, 0.3) is 11.1 Å². The third-order valence-electron chi connectivity index (χ3n) is 4.24. The summed E-state index contributed by atoms with van der Waals surface area (Å²) in [5.41, 5.74) is 1.03. The van der Waals surface area contributed by atoms with Gasteiger partial charge in [-0.3, -0.25) is 4.79 Å². The van der Waals surface area contributed by atoms with Gasteiger partial charge in [0.15, 0.2) is 5.60 Å². The molecule has 0 saturated carbocycles. The van der Waals surface area contributed by atoms with E-state index in [2.05, 4.69) is 5.32 Å². The standard InChI is InChI=1S/C22H20ClNO5/c1-22(2,29-17-6-4-5-14(11-17)15-9-10-28-13-15)21(26)24-19-8-7-16(23)12-18(19)20(25)27-3/h4-13H,1-3H3,(H,24,26). The number of nitrogens with one attached hydrogen (secondary N) is 1. The normalized spacial score (nSPS) is 11.0. The molecule has 29 heavy (non-hydrogen) atoms. The van der Waals surface area contributed by atoms with E-state index >= 15 is 0 Å². The van der Waals surface area contributed by atoms with Crippen LogP contribution < -0.4 is 10.1 Å². The zero-order valence-electron chi connectivity index (χ0n) is 16.2. The van der Waals surface area contributed by atoms with E-state index in [4.69, 9.17) is 25.5 Å². The van der Waals surface area contributed by atoms with Crippen molar-refractivity contribution in [3.63, 3.8) is 0 Å². The van der Waals surface area contributed by atoms with Crippen LogP contribution in [0.1, 0.15) is 24.2 Å². The third kappa shape index (κ3) is 4.78. The average molecular weight is 414 g/mol. The first-order valence-corrected chi connectivity index (χ1v) is 9.19. The quantitative estimate of drug-likeness (QED) is 0.563. The second-order valence-electron chi connectivity index (χ2n) is 6.79. The van der Waals surface area contributed by atoms with Crippen molar-refractivity contribution in [2.75, 3.05) is 12.4 Å². The molecule has 0 aliphatic carbocycles. The van der Waals surface area contributed by atoms with E-state index in [-0.39, 0.29) is 11.3 Å². The van der Waals surface area contributed by atoms with E-state index in [0.717, 1.165) is 11.1 Å². The summed E-state index contributed by atoms with van der Waals surface area (Å²) in [7, 11) is 1.26. The highest BCUT2D eigenvalue weighted by atomic mass is 35.5. The number of hydrogen-bond acceptors (Lipinski definition) is 5. The monoisotopic (exact) mass is 413 g/mol. The molecule has 150 valence electrons. The number of amides is 1. The molecule has 0 spiro atoms. The predicted octanol–water partition coefficient (Wildman–Crippen LogP) is 5.18. The molecule has 0 bridgehead atoms. The number of benzene rings is 2. The van der Waals surface area contributed by atoms with Crippen LogP contribution in [-0.4, -0.2) is 24.6 Å². The number of ether oxygens (including phenoxy) is 2. The number of rotatable bonds is 6. The first kappa shape index (κ1) is 20.5. The number of halogens is 1. The van der Waals surface area contributed by atoms with Gasteiger partial charge < -0.3 is 19.2 Å². The minimum Gasteiger partial charge on any atom is -0.478 e. The van der Waals surface area contributed by atoms with E-state index in [9.17, 15) is 9.59 Å². The second kappa shape index (κ2) is 8.41. The zero-order valence-corrected chi connectivity index (χ0v) is 16.9. The van der Waals surface area contributed by atoms with Gasteiger partial charge in [0, 0.05) is 10.6 Å². The van der Waals surface area contributed by atoms with Gasteiger partial charge in [-0.15, -0.1) is 0 Å². The van der Waals surface area contributed by atoms with E-state index in [0.29, 0.717) is 10.8 Å². The SMILES string of the molecule is COC(=O)c1cc(Cl)ccc1NC(=O)C(C)(C)Oc1cccc(-c2ccoc2)c1. The summed E-state index contributed by atoms with van der Waals surface area (Å²) in [5.74, 6) is -0.513. The Kier molecular flexibility index (Phi) is 5.94. The smallest absolute Gasteiger partial charge is 0.340 e. The molecule has 0 aliphatic rings. The van der Waals surface area contributed by atoms with Crippen LogP contribution in [-0.2, 0) is 9.53 Å². The van der Waals surface area contributed by atoms with Crippen LogP contribution in [0.15, 0.2) is 65.5 Å². The molecule has 2 aromatic carbocycles. The van der Waals surface area contributed by atoms with Gasteiger partial charge in [0.05, 0.1) is 30.9 Å². The van der Waals surface area contributed by atoms with Gasteiger partial charge >= 0.3 is 5.97 Å². The third-order valence-corrected chi connectivity index (χ3v) is 4.48.